The first-order chi connectivity index (χ1) is 11.2. The number of carbonyl (C=O) groups excluding carboxylic acids is 1. The summed E-state index contributed by atoms with van der Waals surface area (Å²) in [5.41, 5.74) is 1.16. The van der Waals surface area contributed by atoms with E-state index in [1.54, 1.807) is 13.2 Å². The predicted molar refractivity (Wildman–Crippen MR) is 86.2 cm³/mol. The second-order valence-corrected chi connectivity index (χ2v) is 5.69. The third-order valence-electron chi connectivity index (χ3n) is 3.81. The van der Waals surface area contributed by atoms with Crippen molar-refractivity contribution in [3.63, 3.8) is 0 Å². The minimum atomic E-state index is -0.293. The molecule has 120 valence electrons. The molecule has 0 bridgehead atoms. The number of hydrogen-bond acceptors (Lipinski definition) is 4. The number of carbonyl (C=O) groups is 1. The Bertz CT molecular complexity index is 766. The maximum Gasteiger partial charge on any atom is 0.267 e. The number of ether oxygens (including phenoxy) is 1. The Balaban J connectivity index is 1.77. The average molecular weight is 313 g/mol. The Hall–Kier alpha value is -2.63. The molecular formula is C17H19N3O3. The van der Waals surface area contributed by atoms with E-state index in [1.165, 1.54) is 23.6 Å². The van der Waals surface area contributed by atoms with E-state index in [-0.39, 0.29) is 18.0 Å². The molecule has 1 aromatic heterocycles. The Morgan fingerprint density at radius 3 is 2.91 bits per heavy atom. The fourth-order valence-corrected chi connectivity index (χ4v) is 2.27. The molecule has 2 aromatic rings. The molecule has 1 saturated carbocycles. The third-order valence-corrected chi connectivity index (χ3v) is 3.81. The number of amides is 1. The minimum absolute atomic E-state index is 0.0661. The number of rotatable bonds is 6. The molecule has 1 heterocycles. The lowest BCUT2D eigenvalue weighted by molar-refractivity contribution is -0.121. The highest BCUT2D eigenvalue weighted by Crippen LogP contribution is 2.27. The van der Waals surface area contributed by atoms with Gasteiger partial charge in [-0.3, -0.25) is 9.59 Å². The summed E-state index contributed by atoms with van der Waals surface area (Å²) in [7, 11) is 1.59. The predicted octanol–water partition coefficient (Wildman–Crippen LogP) is 1.45. The molecule has 3 rings (SSSR count). The van der Waals surface area contributed by atoms with Gasteiger partial charge in [-0.1, -0.05) is 12.1 Å². The van der Waals surface area contributed by atoms with Crippen LogP contribution in [0.1, 0.15) is 12.8 Å². The molecule has 1 fully saturated rings. The minimum Gasteiger partial charge on any atom is -0.497 e. The van der Waals surface area contributed by atoms with E-state index in [2.05, 4.69) is 10.4 Å². The van der Waals surface area contributed by atoms with Gasteiger partial charge in [0.05, 0.1) is 12.8 Å². The third kappa shape index (κ3) is 3.97. The molecule has 0 aliphatic heterocycles. The molecule has 23 heavy (non-hydrogen) atoms. The van der Waals surface area contributed by atoms with E-state index in [9.17, 15) is 9.59 Å². The summed E-state index contributed by atoms with van der Waals surface area (Å²) in [6.07, 6.45) is 2.34. The van der Waals surface area contributed by atoms with Crippen molar-refractivity contribution in [2.45, 2.75) is 19.4 Å². The van der Waals surface area contributed by atoms with Crippen molar-refractivity contribution in [2.75, 3.05) is 13.7 Å². The van der Waals surface area contributed by atoms with Gasteiger partial charge in [-0.05, 0) is 37.0 Å². The molecule has 6 nitrogen and oxygen atoms in total. The van der Waals surface area contributed by atoms with Crippen LogP contribution in [0.2, 0.25) is 0 Å². The van der Waals surface area contributed by atoms with Crippen LogP contribution in [0, 0.1) is 5.92 Å². The number of nitrogens with one attached hydrogen (secondary N) is 1. The molecular weight excluding hydrogens is 294 g/mol. The van der Waals surface area contributed by atoms with Gasteiger partial charge < -0.3 is 10.1 Å². The molecule has 1 aliphatic rings. The van der Waals surface area contributed by atoms with Crippen LogP contribution >= 0.6 is 0 Å². The summed E-state index contributed by atoms with van der Waals surface area (Å²) in [5.74, 6) is 1.13. The summed E-state index contributed by atoms with van der Waals surface area (Å²) in [4.78, 5) is 23.8. The maximum absolute atomic E-state index is 11.9. The molecule has 0 unspecified atom stereocenters. The van der Waals surface area contributed by atoms with Crippen LogP contribution in [0.25, 0.3) is 11.3 Å². The van der Waals surface area contributed by atoms with Gasteiger partial charge in [0.2, 0.25) is 5.91 Å². The highest BCUT2D eigenvalue weighted by Gasteiger charge is 2.21. The summed E-state index contributed by atoms with van der Waals surface area (Å²) < 4.78 is 6.39. The molecule has 0 atom stereocenters. The molecule has 1 N–H and O–H groups in total. The van der Waals surface area contributed by atoms with Gasteiger partial charge in [-0.2, -0.15) is 5.10 Å². The summed E-state index contributed by atoms with van der Waals surface area (Å²) in [6, 6.07) is 10.5. The lowest BCUT2D eigenvalue weighted by atomic mass is 10.1. The monoisotopic (exact) mass is 313 g/mol. The fraction of sp³-hybridized carbons (Fsp3) is 0.353. The van der Waals surface area contributed by atoms with E-state index in [0.717, 1.165) is 5.56 Å². The molecule has 0 saturated heterocycles. The topological polar surface area (TPSA) is 73.2 Å². The first-order valence-corrected chi connectivity index (χ1v) is 7.65. The Labute approximate surface area is 134 Å². The second kappa shape index (κ2) is 6.64. The lowest BCUT2D eigenvalue weighted by Gasteiger charge is -2.08. The van der Waals surface area contributed by atoms with Crippen LogP contribution in [-0.2, 0) is 11.3 Å². The molecule has 1 aliphatic carbocycles. The summed E-state index contributed by atoms with van der Waals surface area (Å²) in [5, 5.41) is 7.13. The van der Waals surface area contributed by atoms with E-state index >= 15 is 0 Å². The average Bonchev–Trinajstić information content (AvgIpc) is 3.39. The Kier molecular flexibility index (Phi) is 4.41. The number of nitrogens with zero attached hydrogens (tertiary/aromatic N) is 2. The molecule has 1 aromatic carbocycles. The van der Waals surface area contributed by atoms with Crippen LogP contribution in [0.5, 0.6) is 5.75 Å². The molecule has 0 spiro atoms. The van der Waals surface area contributed by atoms with Crippen molar-refractivity contribution < 1.29 is 9.53 Å². The zero-order valence-electron chi connectivity index (χ0n) is 13.0. The van der Waals surface area contributed by atoms with Crippen LogP contribution in [0.15, 0.2) is 41.2 Å². The van der Waals surface area contributed by atoms with E-state index in [4.69, 9.17) is 4.74 Å². The quantitative estimate of drug-likeness (QED) is 0.876. The van der Waals surface area contributed by atoms with Crippen molar-refractivity contribution in [2.24, 2.45) is 5.92 Å². The Morgan fingerprint density at radius 1 is 1.35 bits per heavy atom. The van der Waals surface area contributed by atoms with Gasteiger partial charge in [0.15, 0.2) is 0 Å². The van der Waals surface area contributed by atoms with Crippen LogP contribution in [0.4, 0.5) is 0 Å². The molecule has 1 amide bonds. The van der Waals surface area contributed by atoms with E-state index in [0.29, 0.717) is 23.9 Å². The van der Waals surface area contributed by atoms with Gasteiger partial charge in [-0.15, -0.1) is 0 Å². The molecule has 6 heteroatoms. The van der Waals surface area contributed by atoms with Gasteiger partial charge in [0, 0.05) is 18.2 Å². The smallest absolute Gasteiger partial charge is 0.267 e. The van der Waals surface area contributed by atoms with Crippen LogP contribution in [0.3, 0.4) is 0 Å². The van der Waals surface area contributed by atoms with Gasteiger partial charge in [-0.25, -0.2) is 4.68 Å². The van der Waals surface area contributed by atoms with E-state index < -0.39 is 0 Å². The van der Waals surface area contributed by atoms with Crippen molar-refractivity contribution >= 4 is 5.91 Å². The van der Waals surface area contributed by atoms with Crippen molar-refractivity contribution in [3.8, 4) is 17.0 Å². The second-order valence-electron chi connectivity index (χ2n) is 5.69. The number of hydrogen-bond donors (Lipinski definition) is 1. The van der Waals surface area contributed by atoms with E-state index in [1.807, 2.05) is 24.3 Å². The SMILES string of the molecule is COc1cccc(-c2ccc(=O)n(CC(=O)NCC3CC3)n2)c1. The zero-order chi connectivity index (χ0) is 16.2. The molecule has 0 radical (unpaired) electrons. The standard InChI is InChI=1S/C17H19N3O3/c1-23-14-4-2-3-13(9-14)15-7-8-17(22)20(19-15)11-16(21)18-10-12-5-6-12/h2-4,7-9,12H,5-6,10-11H2,1H3,(H,18,21). The fourth-order valence-electron chi connectivity index (χ4n) is 2.27. The normalized spacial score (nSPS) is 13.6. The van der Waals surface area contributed by atoms with Crippen molar-refractivity contribution in [1.29, 1.82) is 0 Å². The summed E-state index contributed by atoms with van der Waals surface area (Å²) in [6.45, 7) is 0.618. The lowest BCUT2D eigenvalue weighted by Crippen LogP contribution is -2.34. The largest absolute Gasteiger partial charge is 0.497 e. The number of benzene rings is 1. The van der Waals surface area contributed by atoms with Crippen molar-refractivity contribution in [1.82, 2.24) is 15.1 Å². The Morgan fingerprint density at radius 2 is 2.17 bits per heavy atom. The van der Waals surface area contributed by atoms with Gasteiger partial charge >= 0.3 is 0 Å². The first-order valence-electron chi connectivity index (χ1n) is 7.65. The maximum atomic E-state index is 11.9. The highest BCUT2D eigenvalue weighted by molar-refractivity contribution is 5.75. The summed E-state index contributed by atoms with van der Waals surface area (Å²) >= 11 is 0. The number of aromatic nitrogens is 2. The zero-order valence-corrected chi connectivity index (χ0v) is 13.0. The van der Waals surface area contributed by atoms with Crippen LogP contribution < -0.4 is 15.6 Å². The number of methoxy groups -OCH3 is 1. The highest BCUT2D eigenvalue weighted by atomic mass is 16.5. The first kappa shape index (κ1) is 15.3. The van der Waals surface area contributed by atoms with Gasteiger partial charge in [0.25, 0.3) is 5.56 Å². The van der Waals surface area contributed by atoms with Crippen LogP contribution in [-0.4, -0.2) is 29.3 Å². The van der Waals surface area contributed by atoms with Gasteiger partial charge in [0.1, 0.15) is 12.3 Å². The van der Waals surface area contributed by atoms with Crippen molar-refractivity contribution in [3.05, 3.63) is 46.8 Å².